The molecule has 8 heteroatoms. The number of hydrogen-bond acceptors (Lipinski definition) is 3. The molecule has 0 aliphatic carbocycles. The highest BCUT2D eigenvalue weighted by molar-refractivity contribution is 7.92. The molecule has 0 unspecified atom stereocenters. The number of nitrogens with one attached hydrogen (secondary N) is 3. The van der Waals surface area contributed by atoms with E-state index in [1.807, 2.05) is 13.8 Å². The van der Waals surface area contributed by atoms with Gasteiger partial charge in [-0.1, -0.05) is 29.8 Å². The summed E-state index contributed by atoms with van der Waals surface area (Å²) < 4.78 is 27.5. The van der Waals surface area contributed by atoms with Gasteiger partial charge in [0, 0.05) is 11.7 Å². The van der Waals surface area contributed by atoms with Gasteiger partial charge in [-0.05, 0) is 56.4 Å². The quantitative estimate of drug-likeness (QED) is 0.684. The maximum Gasteiger partial charge on any atom is 0.262 e. The first-order valence-electron chi connectivity index (χ1n) is 7.23. The second kappa shape index (κ2) is 7.83. The first-order chi connectivity index (χ1) is 11.3. The van der Waals surface area contributed by atoms with E-state index in [4.69, 9.17) is 23.8 Å². The van der Waals surface area contributed by atoms with E-state index < -0.39 is 10.0 Å². The minimum Gasteiger partial charge on any atom is -0.360 e. The van der Waals surface area contributed by atoms with E-state index in [2.05, 4.69) is 15.4 Å². The van der Waals surface area contributed by atoms with Gasteiger partial charge in [-0.3, -0.25) is 4.72 Å². The number of anilines is 2. The van der Waals surface area contributed by atoms with Gasteiger partial charge in [-0.2, -0.15) is 0 Å². The summed E-state index contributed by atoms with van der Waals surface area (Å²) in [5.41, 5.74) is 0.907. The SMILES string of the molecule is CC(C)NC(=S)Nc1cccc(S(=O)(=O)Nc2ccccc2Cl)c1. The molecule has 0 aromatic heterocycles. The third kappa shape index (κ3) is 5.09. The summed E-state index contributed by atoms with van der Waals surface area (Å²) in [6.45, 7) is 3.92. The Morgan fingerprint density at radius 2 is 1.83 bits per heavy atom. The predicted molar refractivity (Wildman–Crippen MR) is 103 cm³/mol. The molecular weight excluding hydrogens is 366 g/mol. The molecule has 2 aromatic carbocycles. The summed E-state index contributed by atoms with van der Waals surface area (Å²) in [5.74, 6) is 0. The number of para-hydroxylation sites is 1. The van der Waals surface area contributed by atoms with Gasteiger partial charge in [0.1, 0.15) is 0 Å². The summed E-state index contributed by atoms with van der Waals surface area (Å²) >= 11 is 11.2. The van der Waals surface area contributed by atoms with Gasteiger partial charge in [0.25, 0.3) is 10.0 Å². The van der Waals surface area contributed by atoms with E-state index >= 15 is 0 Å². The van der Waals surface area contributed by atoms with E-state index in [-0.39, 0.29) is 10.9 Å². The molecule has 0 saturated carbocycles. The molecule has 0 bridgehead atoms. The van der Waals surface area contributed by atoms with Crippen molar-refractivity contribution in [2.45, 2.75) is 24.8 Å². The normalized spacial score (nSPS) is 11.2. The van der Waals surface area contributed by atoms with Crippen LogP contribution in [-0.4, -0.2) is 19.6 Å². The summed E-state index contributed by atoms with van der Waals surface area (Å²) in [5, 5.41) is 6.76. The molecule has 0 heterocycles. The molecule has 0 aliphatic rings. The van der Waals surface area contributed by atoms with Crippen LogP contribution in [0.1, 0.15) is 13.8 Å². The van der Waals surface area contributed by atoms with Crippen LogP contribution in [0.25, 0.3) is 0 Å². The van der Waals surface area contributed by atoms with Gasteiger partial charge in [0.15, 0.2) is 5.11 Å². The van der Waals surface area contributed by atoms with Crippen LogP contribution in [0.15, 0.2) is 53.4 Å². The standard InChI is InChI=1S/C16H18ClN3O2S2/c1-11(2)18-16(23)19-12-6-5-7-13(10-12)24(21,22)20-15-9-4-3-8-14(15)17/h3-11,20H,1-2H3,(H2,18,19,23). The molecule has 0 amide bonds. The zero-order chi connectivity index (χ0) is 17.7. The number of rotatable bonds is 5. The Morgan fingerprint density at radius 1 is 1.12 bits per heavy atom. The lowest BCUT2D eigenvalue weighted by atomic mass is 10.3. The molecule has 0 radical (unpaired) electrons. The van der Waals surface area contributed by atoms with Crippen LogP contribution < -0.4 is 15.4 Å². The summed E-state index contributed by atoms with van der Waals surface area (Å²) in [6, 6.07) is 13.2. The van der Waals surface area contributed by atoms with Crippen LogP contribution in [0, 0.1) is 0 Å². The molecule has 0 aliphatic heterocycles. The zero-order valence-electron chi connectivity index (χ0n) is 13.2. The topological polar surface area (TPSA) is 70.2 Å². The lowest BCUT2D eigenvalue weighted by Gasteiger charge is -2.14. The second-order valence-corrected chi connectivity index (χ2v) is 7.86. The molecule has 3 N–H and O–H groups in total. The van der Waals surface area contributed by atoms with Crippen LogP contribution in [0.5, 0.6) is 0 Å². The summed E-state index contributed by atoms with van der Waals surface area (Å²) in [4.78, 5) is 0.111. The number of sulfonamides is 1. The maximum atomic E-state index is 12.5. The molecule has 128 valence electrons. The Kier molecular flexibility index (Phi) is 6.04. The van der Waals surface area contributed by atoms with E-state index in [0.717, 1.165) is 0 Å². The van der Waals surface area contributed by atoms with Crippen LogP contribution in [0.4, 0.5) is 11.4 Å². The van der Waals surface area contributed by atoms with Gasteiger partial charge in [0.2, 0.25) is 0 Å². The average Bonchev–Trinajstić information content (AvgIpc) is 2.49. The Labute approximate surface area is 152 Å². The molecule has 0 spiro atoms. The fourth-order valence-corrected chi connectivity index (χ4v) is 3.64. The highest BCUT2D eigenvalue weighted by Gasteiger charge is 2.16. The highest BCUT2D eigenvalue weighted by Crippen LogP contribution is 2.24. The van der Waals surface area contributed by atoms with Crippen LogP contribution in [-0.2, 0) is 10.0 Å². The van der Waals surface area contributed by atoms with E-state index in [1.54, 1.807) is 36.4 Å². The van der Waals surface area contributed by atoms with E-state index in [9.17, 15) is 8.42 Å². The van der Waals surface area contributed by atoms with Crippen molar-refractivity contribution in [2.24, 2.45) is 0 Å². The van der Waals surface area contributed by atoms with E-state index in [0.29, 0.717) is 21.5 Å². The number of thiocarbonyl (C=S) groups is 1. The van der Waals surface area contributed by atoms with Gasteiger partial charge < -0.3 is 10.6 Å². The van der Waals surface area contributed by atoms with Crippen LogP contribution in [0.2, 0.25) is 5.02 Å². The van der Waals surface area contributed by atoms with Crippen molar-refractivity contribution in [3.05, 3.63) is 53.6 Å². The Balaban J connectivity index is 2.20. The minimum absolute atomic E-state index is 0.111. The van der Waals surface area contributed by atoms with Crippen molar-refractivity contribution in [3.63, 3.8) is 0 Å². The van der Waals surface area contributed by atoms with Crippen molar-refractivity contribution >= 4 is 50.3 Å². The molecule has 0 atom stereocenters. The second-order valence-electron chi connectivity index (χ2n) is 5.37. The first kappa shape index (κ1) is 18.5. The third-order valence-electron chi connectivity index (χ3n) is 2.94. The Bertz CT molecular complexity index is 839. The average molecular weight is 384 g/mol. The summed E-state index contributed by atoms with van der Waals surface area (Å²) in [7, 11) is -3.76. The highest BCUT2D eigenvalue weighted by atomic mass is 35.5. The van der Waals surface area contributed by atoms with Crippen LogP contribution >= 0.6 is 23.8 Å². The fraction of sp³-hybridized carbons (Fsp3) is 0.188. The zero-order valence-corrected chi connectivity index (χ0v) is 15.6. The number of halogens is 1. The third-order valence-corrected chi connectivity index (χ3v) is 4.85. The van der Waals surface area contributed by atoms with Crippen molar-refractivity contribution in [2.75, 3.05) is 10.0 Å². The molecule has 2 rings (SSSR count). The molecule has 24 heavy (non-hydrogen) atoms. The van der Waals surface area contributed by atoms with Gasteiger partial charge >= 0.3 is 0 Å². The first-order valence-corrected chi connectivity index (χ1v) is 9.50. The lowest BCUT2D eigenvalue weighted by Crippen LogP contribution is -2.33. The number of hydrogen-bond donors (Lipinski definition) is 3. The minimum atomic E-state index is -3.76. The van der Waals surface area contributed by atoms with Crippen LogP contribution in [0.3, 0.4) is 0 Å². The Hall–Kier alpha value is -1.83. The molecular formula is C16H18ClN3O2S2. The van der Waals surface area contributed by atoms with Gasteiger partial charge in [0.05, 0.1) is 15.6 Å². The molecule has 5 nitrogen and oxygen atoms in total. The van der Waals surface area contributed by atoms with Crippen molar-refractivity contribution < 1.29 is 8.42 Å². The predicted octanol–water partition coefficient (Wildman–Crippen LogP) is 3.84. The smallest absolute Gasteiger partial charge is 0.262 e. The largest absolute Gasteiger partial charge is 0.360 e. The molecule has 0 fully saturated rings. The van der Waals surface area contributed by atoms with Crippen molar-refractivity contribution in [1.82, 2.24) is 5.32 Å². The fourth-order valence-electron chi connectivity index (χ4n) is 1.92. The van der Waals surface area contributed by atoms with Gasteiger partial charge in [-0.15, -0.1) is 0 Å². The Morgan fingerprint density at radius 3 is 2.50 bits per heavy atom. The molecule has 0 saturated heterocycles. The van der Waals surface area contributed by atoms with Crippen molar-refractivity contribution in [3.8, 4) is 0 Å². The lowest BCUT2D eigenvalue weighted by molar-refractivity contribution is 0.601. The van der Waals surface area contributed by atoms with Gasteiger partial charge in [-0.25, -0.2) is 8.42 Å². The number of benzene rings is 2. The maximum absolute atomic E-state index is 12.5. The monoisotopic (exact) mass is 383 g/mol. The summed E-state index contributed by atoms with van der Waals surface area (Å²) in [6.07, 6.45) is 0. The molecule has 2 aromatic rings. The van der Waals surface area contributed by atoms with Crippen molar-refractivity contribution in [1.29, 1.82) is 0 Å². The van der Waals surface area contributed by atoms with E-state index in [1.165, 1.54) is 12.1 Å².